The molecule has 0 bridgehead atoms. The molecule has 0 aliphatic heterocycles. The van der Waals surface area contributed by atoms with Gasteiger partial charge >= 0.3 is 6.09 Å². The molecule has 4 rings (SSSR count). The predicted octanol–water partition coefficient (Wildman–Crippen LogP) is 5.34. The molecule has 1 fully saturated rings. The fraction of sp³-hybridized carbons (Fsp3) is 0.480. The number of nitrogens with zero attached hydrogens (tertiary/aromatic N) is 1. The van der Waals surface area contributed by atoms with E-state index in [9.17, 15) is 9.90 Å². The number of rotatable bonds is 5. The molecule has 0 aromatic heterocycles. The third-order valence-corrected chi connectivity index (χ3v) is 6.43. The van der Waals surface area contributed by atoms with E-state index >= 15 is 0 Å². The van der Waals surface area contributed by atoms with E-state index in [0.29, 0.717) is 13.2 Å². The summed E-state index contributed by atoms with van der Waals surface area (Å²) >= 11 is 0. The highest BCUT2D eigenvalue weighted by atomic mass is 16.6. The minimum atomic E-state index is -0.286. The third kappa shape index (κ3) is 4.32. The molecule has 4 heteroatoms. The second-order valence-corrected chi connectivity index (χ2v) is 8.22. The minimum Gasteiger partial charge on any atom is -0.448 e. The maximum atomic E-state index is 13.0. The van der Waals surface area contributed by atoms with Gasteiger partial charge in [0.2, 0.25) is 0 Å². The Morgan fingerprint density at radius 3 is 2.03 bits per heavy atom. The van der Waals surface area contributed by atoms with Gasteiger partial charge in [-0.25, -0.2) is 4.79 Å². The first-order chi connectivity index (χ1) is 14.3. The number of aliphatic hydroxyl groups excluding tert-OH is 1. The highest BCUT2D eigenvalue weighted by Gasteiger charge is 2.31. The zero-order chi connectivity index (χ0) is 20.1. The Morgan fingerprint density at radius 2 is 1.45 bits per heavy atom. The number of fused-ring (bicyclic) bond motifs is 3. The van der Waals surface area contributed by atoms with E-state index in [1.54, 1.807) is 4.90 Å². The molecule has 0 radical (unpaired) electrons. The summed E-state index contributed by atoms with van der Waals surface area (Å²) in [4.78, 5) is 14.8. The molecule has 154 valence electrons. The molecule has 1 amide bonds. The normalized spacial score (nSPS) is 17.1. The van der Waals surface area contributed by atoms with E-state index in [1.807, 2.05) is 12.1 Å². The zero-order valence-electron chi connectivity index (χ0n) is 17.1. The molecule has 0 atom stereocenters. The Morgan fingerprint density at radius 1 is 0.897 bits per heavy atom. The Bertz CT molecular complexity index is 781. The number of carbonyl (C=O) groups excluding carboxylic acids is 1. The number of ether oxygens (including phenoxy) is 1. The lowest BCUT2D eigenvalue weighted by Crippen LogP contribution is -2.43. The van der Waals surface area contributed by atoms with Crippen LogP contribution in [0.15, 0.2) is 48.5 Å². The Balaban J connectivity index is 1.47. The van der Waals surface area contributed by atoms with Crippen molar-refractivity contribution in [1.29, 1.82) is 0 Å². The van der Waals surface area contributed by atoms with Crippen LogP contribution in [0.3, 0.4) is 0 Å². The SMILES string of the molecule is O=C(OCC1c2ccccc2-c2ccccc21)N(CCO)C1CCCCCCC1. The Labute approximate surface area is 173 Å². The topological polar surface area (TPSA) is 49.8 Å². The van der Waals surface area contributed by atoms with Gasteiger partial charge in [0.05, 0.1) is 6.61 Å². The van der Waals surface area contributed by atoms with Crippen LogP contribution >= 0.6 is 0 Å². The summed E-state index contributed by atoms with van der Waals surface area (Å²) in [5.41, 5.74) is 4.91. The minimum absolute atomic E-state index is 0.0271. The van der Waals surface area contributed by atoms with Crippen molar-refractivity contribution in [2.45, 2.75) is 56.9 Å². The summed E-state index contributed by atoms with van der Waals surface area (Å²) in [6.45, 7) is 0.656. The quantitative estimate of drug-likeness (QED) is 0.746. The fourth-order valence-corrected chi connectivity index (χ4v) is 4.95. The molecule has 1 N–H and O–H groups in total. The second-order valence-electron chi connectivity index (χ2n) is 8.22. The summed E-state index contributed by atoms with van der Waals surface area (Å²) in [5, 5.41) is 9.53. The van der Waals surface area contributed by atoms with Crippen LogP contribution in [0.5, 0.6) is 0 Å². The maximum Gasteiger partial charge on any atom is 0.410 e. The van der Waals surface area contributed by atoms with Crippen molar-refractivity contribution in [1.82, 2.24) is 4.90 Å². The van der Waals surface area contributed by atoms with Crippen LogP contribution in [-0.4, -0.2) is 41.9 Å². The Hall–Kier alpha value is -2.33. The van der Waals surface area contributed by atoms with Crippen LogP contribution in [0.4, 0.5) is 4.79 Å². The van der Waals surface area contributed by atoms with Crippen molar-refractivity contribution in [2.24, 2.45) is 0 Å². The van der Waals surface area contributed by atoms with Gasteiger partial charge in [-0.3, -0.25) is 0 Å². The second kappa shape index (κ2) is 9.45. The van der Waals surface area contributed by atoms with Gasteiger partial charge in [0, 0.05) is 18.5 Å². The molecule has 0 heterocycles. The number of hydrogen-bond acceptors (Lipinski definition) is 3. The summed E-state index contributed by atoms with van der Waals surface area (Å²) < 4.78 is 5.86. The molecule has 4 nitrogen and oxygen atoms in total. The van der Waals surface area contributed by atoms with Crippen LogP contribution in [0.25, 0.3) is 11.1 Å². The number of amides is 1. The first kappa shape index (κ1) is 20.0. The van der Waals surface area contributed by atoms with E-state index < -0.39 is 0 Å². The monoisotopic (exact) mass is 393 g/mol. The summed E-state index contributed by atoms with van der Waals surface area (Å²) in [6, 6.07) is 16.9. The molecule has 1 saturated carbocycles. The largest absolute Gasteiger partial charge is 0.448 e. The highest BCUT2D eigenvalue weighted by Crippen LogP contribution is 2.44. The van der Waals surface area contributed by atoms with Crippen LogP contribution in [-0.2, 0) is 4.74 Å². The lowest BCUT2D eigenvalue weighted by atomic mass is 9.96. The van der Waals surface area contributed by atoms with Crippen LogP contribution in [0, 0.1) is 0 Å². The number of benzene rings is 2. The van der Waals surface area contributed by atoms with Crippen molar-refractivity contribution >= 4 is 6.09 Å². The van der Waals surface area contributed by atoms with Crippen molar-refractivity contribution in [2.75, 3.05) is 19.8 Å². The van der Waals surface area contributed by atoms with Crippen LogP contribution in [0.1, 0.15) is 62.0 Å². The summed E-state index contributed by atoms with van der Waals surface area (Å²) in [6.07, 6.45) is 7.76. The Kier molecular flexibility index (Phi) is 6.50. The molecule has 2 aromatic rings. The van der Waals surface area contributed by atoms with Gasteiger partial charge in [-0.1, -0.05) is 80.6 Å². The first-order valence-corrected chi connectivity index (χ1v) is 11.0. The van der Waals surface area contributed by atoms with Gasteiger partial charge in [-0.05, 0) is 35.1 Å². The van der Waals surface area contributed by atoms with E-state index in [4.69, 9.17) is 4.74 Å². The summed E-state index contributed by atoms with van der Waals surface area (Å²) in [7, 11) is 0. The van der Waals surface area contributed by atoms with Crippen molar-refractivity contribution in [3.05, 3.63) is 59.7 Å². The first-order valence-electron chi connectivity index (χ1n) is 11.0. The number of hydrogen-bond donors (Lipinski definition) is 1. The standard InChI is InChI=1S/C25H31NO3/c27-17-16-26(19-10-4-2-1-3-5-11-19)25(28)29-18-24-22-14-8-6-12-20(22)21-13-7-9-15-23(21)24/h6-9,12-15,19,24,27H,1-5,10-11,16-18H2. The van der Waals surface area contributed by atoms with E-state index in [2.05, 4.69) is 36.4 Å². The number of carbonyl (C=O) groups is 1. The van der Waals surface area contributed by atoms with Crippen molar-refractivity contribution < 1.29 is 14.6 Å². The van der Waals surface area contributed by atoms with E-state index in [0.717, 1.165) is 25.7 Å². The van der Waals surface area contributed by atoms with Crippen LogP contribution < -0.4 is 0 Å². The number of aliphatic hydroxyl groups is 1. The van der Waals surface area contributed by atoms with Gasteiger partial charge in [0.25, 0.3) is 0 Å². The van der Waals surface area contributed by atoms with Gasteiger partial charge < -0.3 is 14.7 Å². The molecule has 2 aliphatic carbocycles. The van der Waals surface area contributed by atoms with Gasteiger partial charge in [0.15, 0.2) is 0 Å². The lowest BCUT2D eigenvalue weighted by molar-refractivity contribution is 0.0685. The molecule has 29 heavy (non-hydrogen) atoms. The smallest absolute Gasteiger partial charge is 0.410 e. The highest BCUT2D eigenvalue weighted by molar-refractivity contribution is 5.79. The van der Waals surface area contributed by atoms with Crippen LogP contribution in [0.2, 0.25) is 0 Å². The van der Waals surface area contributed by atoms with E-state index in [-0.39, 0.29) is 24.7 Å². The summed E-state index contributed by atoms with van der Waals surface area (Å²) in [5.74, 6) is 0.0691. The molecule has 0 unspecified atom stereocenters. The van der Waals surface area contributed by atoms with E-state index in [1.165, 1.54) is 41.5 Å². The predicted molar refractivity (Wildman–Crippen MR) is 115 cm³/mol. The molecule has 2 aliphatic rings. The average Bonchev–Trinajstić information content (AvgIpc) is 3.04. The fourth-order valence-electron chi connectivity index (χ4n) is 4.95. The molecule has 0 saturated heterocycles. The van der Waals surface area contributed by atoms with Crippen molar-refractivity contribution in [3.63, 3.8) is 0 Å². The zero-order valence-corrected chi connectivity index (χ0v) is 17.1. The average molecular weight is 394 g/mol. The molecular weight excluding hydrogens is 362 g/mol. The van der Waals surface area contributed by atoms with Gasteiger partial charge in [0.1, 0.15) is 6.61 Å². The third-order valence-electron chi connectivity index (χ3n) is 6.43. The molecule has 2 aromatic carbocycles. The lowest BCUT2D eigenvalue weighted by Gasteiger charge is -2.32. The van der Waals surface area contributed by atoms with Gasteiger partial charge in [-0.2, -0.15) is 0 Å². The molecular formula is C25H31NO3. The van der Waals surface area contributed by atoms with Gasteiger partial charge in [-0.15, -0.1) is 0 Å². The van der Waals surface area contributed by atoms with Crippen molar-refractivity contribution in [3.8, 4) is 11.1 Å². The maximum absolute atomic E-state index is 13.0. The molecule has 0 spiro atoms.